The van der Waals surface area contributed by atoms with Crippen molar-refractivity contribution in [2.45, 2.75) is 29.9 Å². The van der Waals surface area contributed by atoms with Gasteiger partial charge >= 0.3 is 0 Å². The molecule has 0 unspecified atom stereocenters. The molecule has 2 aromatic heterocycles. The number of nitrogens with one attached hydrogen (secondary N) is 1. The van der Waals surface area contributed by atoms with Gasteiger partial charge in [-0.3, -0.25) is 9.36 Å². The Morgan fingerprint density at radius 3 is 2.34 bits per heavy atom. The van der Waals surface area contributed by atoms with Crippen molar-refractivity contribution in [2.75, 3.05) is 18.2 Å². The first-order valence-corrected chi connectivity index (χ1v) is 12.6. The highest BCUT2D eigenvalue weighted by Crippen LogP contribution is 2.27. The lowest BCUT2D eigenvalue weighted by atomic mass is 10.3. The molecule has 0 aliphatic rings. The fourth-order valence-corrected chi connectivity index (χ4v) is 4.86. The van der Waals surface area contributed by atoms with Gasteiger partial charge in [0.15, 0.2) is 10.3 Å². The first-order chi connectivity index (χ1) is 16.9. The Labute approximate surface area is 210 Å². The van der Waals surface area contributed by atoms with Crippen LogP contribution in [-0.4, -0.2) is 43.5 Å². The number of amides is 1. The van der Waals surface area contributed by atoms with E-state index >= 15 is 0 Å². The van der Waals surface area contributed by atoms with Crippen molar-refractivity contribution in [3.63, 3.8) is 0 Å². The Hall–Kier alpha value is -3.44. The summed E-state index contributed by atoms with van der Waals surface area (Å²) in [6.07, 6.45) is 0. The van der Waals surface area contributed by atoms with Gasteiger partial charge in [-0.05, 0) is 68.4 Å². The topological polar surface area (TPSA) is 94.8 Å². The van der Waals surface area contributed by atoms with Gasteiger partial charge < -0.3 is 10.1 Å². The molecule has 1 amide bonds. The fourth-order valence-electron chi connectivity index (χ4n) is 3.23. The van der Waals surface area contributed by atoms with Gasteiger partial charge in [0.05, 0.1) is 18.6 Å². The zero-order chi connectivity index (χ0) is 24.8. The van der Waals surface area contributed by atoms with Crippen molar-refractivity contribution in [2.24, 2.45) is 0 Å². The number of ether oxygens (including phenoxy) is 1. The van der Waals surface area contributed by atoms with E-state index in [4.69, 9.17) is 4.74 Å². The van der Waals surface area contributed by atoms with Gasteiger partial charge in [-0.15, -0.1) is 10.2 Å². The minimum atomic E-state index is -0.360. The monoisotopic (exact) mass is 510 g/mol. The third kappa shape index (κ3) is 6.58. The van der Waals surface area contributed by atoms with E-state index in [1.54, 1.807) is 7.11 Å². The predicted octanol–water partition coefficient (Wildman–Crippen LogP) is 4.84. The minimum Gasteiger partial charge on any atom is -0.497 e. The lowest BCUT2D eigenvalue weighted by Gasteiger charge is -2.11. The first kappa shape index (κ1) is 24.7. The molecule has 8 nitrogen and oxygen atoms in total. The summed E-state index contributed by atoms with van der Waals surface area (Å²) < 4.78 is 20.3. The highest BCUT2D eigenvalue weighted by molar-refractivity contribution is 7.99. The quantitative estimate of drug-likeness (QED) is 0.252. The number of rotatable bonds is 9. The van der Waals surface area contributed by atoms with E-state index in [0.29, 0.717) is 27.6 Å². The number of aromatic nitrogens is 5. The number of hydrogen-bond acceptors (Lipinski definition) is 8. The molecular weight excluding hydrogens is 487 g/mol. The number of carbonyl (C=O) groups excluding carboxylic acids is 1. The first-order valence-electron chi connectivity index (χ1n) is 10.6. The van der Waals surface area contributed by atoms with Gasteiger partial charge in [-0.1, -0.05) is 23.5 Å². The molecular formula is C24H23FN6O2S2. The Bertz CT molecular complexity index is 1290. The van der Waals surface area contributed by atoms with Crippen LogP contribution in [-0.2, 0) is 10.5 Å². The molecule has 4 rings (SSSR count). The molecule has 0 aliphatic carbocycles. The van der Waals surface area contributed by atoms with Gasteiger partial charge in [0.1, 0.15) is 17.4 Å². The minimum absolute atomic E-state index is 0.110. The van der Waals surface area contributed by atoms with Crippen LogP contribution in [0.25, 0.3) is 5.69 Å². The maximum Gasteiger partial charge on any atom is 0.234 e. The molecule has 0 bridgehead atoms. The number of anilines is 1. The van der Waals surface area contributed by atoms with E-state index < -0.39 is 0 Å². The van der Waals surface area contributed by atoms with Crippen molar-refractivity contribution >= 4 is 35.1 Å². The highest BCUT2D eigenvalue weighted by Gasteiger charge is 2.17. The molecule has 0 aliphatic heterocycles. The van der Waals surface area contributed by atoms with Gasteiger partial charge in [-0.25, -0.2) is 14.4 Å². The van der Waals surface area contributed by atoms with Crippen molar-refractivity contribution in [3.8, 4) is 11.4 Å². The van der Waals surface area contributed by atoms with Crippen LogP contribution in [0.2, 0.25) is 0 Å². The third-order valence-corrected chi connectivity index (χ3v) is 6.56. The molecule has 11 heteroatoms. The summed E-state index contributed by atoms with van der Waals surface area (Å²) in [7, 11) is 1.61. The number of benzene rings is 2. The molecule has 2 heterocycles. The molecule has 180 valence electrons. The molecule has 0 fully saturated rings. The SMILES string of the molecule is COc1ccc(-n2c(CSc3nc(C)cc(C)n3)nnc2SCC(=O)Nc2ccc(F)cc2)cc1. The smallest absolute Gasteiger partial charge is 0.234 e. The summed E-state index contributed by atoms with van der Waals surface area (Å²) in [5.74, 6) is 1.44. The Morgan fingerprint density at radius 1 is 1.00 bits per heavy atom. The number of halogens is 1. The highest BCUT2D eigenvalue weighted by atomic mass is 32.2. The van der Waals surface area contributed by atoms with E-state index in [-0.39, 0.29) is 17.5 Å². The van der Waals surface area contributed by atoms with Crippen LogP contribution in [0.3, 0.4) is 0 Å². The van der Waals surface area contributed by atoms with Crippen molar-refractivity contribution in [3.05, 3.63) is 77.6 Å². The second-order valence-electron chi connectivity index (χ2n) is 7.50. The van der Waals surface area contributed by atoms with Gasteiger partial charge in [0.2, 0.25) is 5.91 Å². The van der Waals surface area contributed by atoms with Crippen LogP contribution in [0.15, 0.2) is 64.9 Å². The number of thioether (sulfide) groups is 2. The van der Waals surface area contributed by atoms with Crippen LogP contribution in [0.4, 0.5) is 10.1 Å². The van der Waals surface area contributed by atoms with E-state index in [2.05, 4.69) is 25.5 Å². The lowest BCUT2D eigenvalue weighted by molar-refractivity contribution is -0.113. The molecule has 35 heavy (non-hydrogen) atoms. The largest absolute Gasteiger partial charge is 0.497 e. The second-order valence-corrected chi connectivity index (χ2v) is 9.38. The van der Waals surface area contributed by atoms with Gasteiger partial charge in [0.25, 0.3) is 0 Å². The molecule has 4 aromatic rings. The van der Waals surface area contributed by atoms with Crippen molar-refractivity contribution < 1.29 is 13.9 Å². The molecule has 0 saturated heterocycles. The summed E-state index contributed by atoms with van der Waals surface area (Å²) in [6, 6.07) is 15.1. The molecule has 2 aromatic carbocycles. The molecule has 0 saturated carbocycles. The van der Waals surface area contributed by atoms with Crippen molar-refractivity contribution in [1.29, 1.82) is 0 Å². The van der Waals surface area contributed by atoms with Crippen LogP contribution >= 0.6 is 23.5 Å². The number of aryl methyl sites for hydroxylation is 2. The molecule has 0 spiro atoms. The summed E-state index contributed by atoms with van der Waals surface area (Å²) in [6.45, 7) is 3.87. The molecule has 1 N–H and O–H groups in total. The zero-order valence-corrected chi connectivity index (χ0v) is 21.0. The molecule has 0 atom stereocenters. The van der Waals surface area contributed by atoms with E-state index in [0.717, 1.165) is 22.8 Å². The van der Waals surface area contributed by atoms with Crippen LogP contribution in [0, 0.1) is 19.7 Å². The lowest BCUT2D eigenvalue weighted by Crippen LogP contribution is -2.14. The average Bonchev–Trinajstić information content (AvgIpc) is 3.25. The summed E-state index contributed by atoms with van der Waals surface area (Å²) in [5.41, 5.74) is 3.17. The standard InChI is InChI=1S/C24H23FN6O2S2/c1-15-12-16(2)27-23(26-15)34-13-21-29-30-24(31(21)19-8-10-20(33-3)11-9-19)35-14-22(32)28-18-6-4-17(25)5-7-18/h4-12H,13-14H2,1-3H3,(H,28,32). The summed E-state index contributed by atoms with van der Waals surface area (Å²) in [5, 5.41) is 12.7. The fraction of sp³-hybridized carbons (Fsp3) is 0.208. The third-order valence-electron chi connectivity index (χ3n) is 4.78. The van der Waals surface area contributed by atoms with Crippen LogP contribution in [0.1, 0.15) is 17.2 Å². The molecule has 0 radical (unpaired) electrons. The van der Waals surface area contributed by atoms with E-state index in [1.807, 2.05) is 48.7 Å². The number of hydrogen-bond donors (Lipinski definition) is 1. The predicted molar refractivity (Wildman–Crippen MR) is 135 cm³/mol. The Balaban J connectivity index is 1.53. The van der Waals surface area contributed by atoms with Crippen LogP contribution < -0.4 is 10.1 Å². The maximum atomic E-state index is 13.1. The number of nitrogens with zero attached hydrogens (tertiary/aromatic N) is 5. The average molecular weight is 511 g/mol. The van der Waals surface area contributed by atoms with Gasteiger partial charge in [0, 0.05) is 22.8 Å². The number of carbonyl (C=O) groups is 1. The van der Waals surface area contributed by atoms with E-state index in [9.17, 15) is 9.18 Å². The van der Waals surface area contributed by atoms with Crippen molar-refractivity contribution in [1.82, 2.24) is 24.7 Å². The van der Waals surface area contributed by atoms with E-state index in [1.165, 1.54) is 47.8 Å². The summed E-state index contributed by atoms with van der Waals surface area (Å²) >= 11 is 2.73. The summed E-state index contributed by atoms with van der Waals surface area (Å²) in [4.78, 5) is 21.4. The normalized spacial score (nSPS) is 10.9. The Kier molecular flexibility index (Phi) is 7.98. The zero-order valence-electron chi connectivity index (χ0n) is 19.4. The Morgan fingerprint density at radius 2 is 1.69 bits per heavy atom. The number of methoxy groups -OCH3 is 1. The van der Waals surface area contributed by atoms with Crippen LogP contribution in [0.5, 0.6) is 5.75 Å². The maximum absolute atomic E-state index is 13.1. The van der Waals surface area contributed by atoms with Gasteiger partial charge in [-0.2, -0.15) is 0 Å². The second kappa shape index (κ2) is 11.3.